The van der Waals surface area contributed by atoms with E-state index in [2.05, 4.69) is 37.3 Å². The molecule has 1 heterocycles. The average Bonchev–Trinajstić information content (AvgIpc) is 2.57. The average molecular weight is 230 g/mol. The van der Waals surface area contributed by atoms with Gasteiger partial charge in [-0.05, 0) is 26.3 Å². The zero-order chi connectivity index (χ0) is 11.5. The molecule has 1 aromatic rings. The largest absolute Gasteiger partial charge is 0.305 e. The summed E-state index contributed by atoms with van der Waals surface area (Å²) in [6, 6.07) is 2.14. The number of nitrogens with zero attached hydrogens (tertiary/aromatic N) is 2. The first-order valence-corrected chi connectivity index (χ1v) is 5.84. The van der Waals surface area contributed by atoms with E-state index in [1.54, 1.807) is 0 Å². The second-order valence-corrected chi connectivity index (χ2v) is 4.74. The monoisotopic (exact) mass is 229 g/mol. The van der Waals surface area contributed by atoms with Gasteiger partial charge in [0.05, 0.1) is 11.4 Å². The van der Waals surface area contributed by atoms with E-state index in [1.165, 1.54) is 5.69 Å². The molecule has 0 aliphatic heterocycles. The van der Waals surface area contributed by atoms with E-state index in [4.69, 9.17) is 11.6 Å². The molecule has 0 unspecified atom stereocenters. The van der Waals surface area contributed by atoms with Gasteiger partial charge < -0.3 is 5.32 Å². The summed E-state index contributed by atoms with van der Waals surface area (Å²) in [5.41, 5.74) is 2.31. The maximum absolute atomic E-state index is 5.85. The fourth-order valence-electron chi connectivity index (χ4n) is 1.29. The van der Waals surface area contributed by atoms with Crippen molar-refractivity contribution in [1.29, 1.82) is 0 Å². The third-order valence-electron chi connectivity index (χ3n) is 2.47. The van der Waals surface area contributed by atoms with Crippen molar-refractivity contribution >= 4 is 11.6 Å². The van der Waals surface area contributed by atoms with Crippen molar-refractivity contribution in [1.82, 2.24) is 15.1 Å². The van der Waals surface area contributed by atoms with Gasteiger partial charge in [0.1, 0.15) is 0 Å². The van der Waals surface area contributed by atoms with Crippen molar-refractivity contribution in [3.8, 4) is 0 Å². The van der Waals surface area contributed by atoms with Crippen LogP contribution in [0.4, 0.5) is 0 Å². The van der Waals surface area contributed by atoms with Gasteiger partial charge >= 0.3 is 0 Å². The molecular weight excluding hydrogens is 210 g/mol. The van der Waals surface area contributed by atoms with Crippen LogP contribution in [0.15, 0.2) is 6.07 Å². The lowest BCUT2D eigenvalue weighted by molar-refractivity contribution is 0.421. The van der Waals surface area contributed by atoms with Crippen LogP contribution in [0.5, 0.6) is 0 Å². The molecule has 15 heavy (non-hydrogen) atoms. The van der Waals surface area contributed by atoms with Gasteiger partial charge in [-0.2, -0.15) is 5.10 Å². The van der Waals surface area contributed by atoms with Gasteiger partial charge in [0, 0.05) is 25.0 Å². The van der Waals surface area contributed by atoms with Crippen molar-refractivity contribution in [2.45, 2.75) is 39.3 Å². The van der Waals surface area contributed by atoms with E-state index < -0.39 is 0 Å². The molecule has 1 rings (SSSR count). The third-order valence-corrected chi connectivity index (χ3v) is 3.14. The van der Waals surface area contributed by atoms with Crippen molar-refractivity contribution < 1.29 is 0 Å². The lowest BCUT2D eigenvalue weighted by atomic mass is 10.1. The molecule has 0 saturated carbocycles. The van der Waals surface area contributed by atoms with Crippen LogP contribution < -0.4 is 5.32 Å². The Bertz CT molecular complexity index is 318. The molecule has 0 amide bonds. The molecule has 0 aliphatic carbocycles. The Morgan fingerprint density at radius 1 is 1.53 bits per heavy atom. The number of hydrogen-bond acceptors (Lipinski definition) is 2. The standard InChI is InChI=1S/C11H20ClN3/c1-5-9-6-10(15(4)14-9)7-13-11(2,3)8-12/h6,13H,5,7-8H2,1-4H3. The quantitative estimate of drug-likeness (QED) is 0.784. The summed E-state index contributed by atoms with van der Waals surface area (Å²) in [7, 11) is 1.98. The second-order valence-electron chi connectivity index (χ2n) is 4.48. The topological polar surface area (TPSA) is 29.9 Å². The van der Waals surface area contributed by atoms with E-state index in [1.807, 2.05) is 11.7 Å². The van der Waals surface area contributed by atoms with Crippen LogP contribution in [0.1, 0.15) is 32.2 Å². The van der Waals surface area contributed by atoms with Crippen LogP contribution in [-0.2, 0) is 20.0 Å². The summed E-state index contributed by atoms with van der Waals surface area (Å²) in [5.74, 6) is 0.603. The van der Waals surface area contributed by atoms with Crippen molar-refractivity contribution in [2.75, 3.05) is 5.88 Å². The number of alkyl halides is 1. The molecule has 0 spiro atoms. The molecule has 0 radical (unpaired) electrons. The molecule has 0 fully saturated rings. The fraction of sp³-hybridized carbons (Fsp3) is 0.727. The minimum absolute atomic E-state index is 0.0296. The predicted octanol–water partition coefficient (Wildman–Crippen LogP) is 2.09. The number of nitrogens with one attached hydrogen (secondary N) is 1. The first-order valence-electron chi connectivity index (χ1n) is 5.31. The molecule has 0 bridgehead atoms. The summed E-state index contributed by atoms with van der Waals surface area (Å²) in [6.07, 6.45) is 0.979. The molecule has 86 valence electrons. The van der Waals surface area contributed by atoms with E-state index in [9.17, 15) is 0 Å². The molecule has 4 heteroatoms. The Morgan fingerprint density at radius 2 is 2.20 bits per heavy atom. The zero-order valence-electron chi connectivity index (χ0n) is 9.97. The predicted molar refractivity (Wildman–Crippen MR) is 64.2 cm³/mol. The summed E-state index contributed by atoms with van der Waals surface area (Å²) < 4.78 is 1.93. The Labute approximate surface area is 96.8 Å². The number of halogens is 1. The molecule has 1 aromatic heterocycles. The second kappa shape index (κ2) is 4.99. The molecule has 0 atom stereocenters. The van der Waals surface area contributed by atoms with Crippen LogP contribution >= 0.6 is 11.6 Å². The van der Waals surface area contributed by atoms with Gasteiger partial charge in [0.2, 0.25) is 0 Å². The van der Waals surface area contributed by atoms with Crippen molar-refractivity contribution in [3.05, 3.63) is 17.5 Å². The van der Waals surface area contributed by atoms with Crippen LogP contribution in [0.2, 0.25) is 0 Å². The van der Waals surface area contributed by atoms with Gasteiger partial charge in [-0.25, -0.2) is 0 Å². The number of aryl methyl sites for hydroxylation is 2. The first-order chi connectivity index (χ1) is 6.98. The van der Waals surface area contributed by atoms with Gasteiger partial charge in [0.25, 0.3) is 0 Å². The molecule has 3 nitrogen and oxygen atoms in total. The van der Waals surface area contributed by atoms with Crippen molar-refractivity contribution in [3.63, 3.8) is 0 Å². The van der Waals surface area contributed by atoms with Crippen molar-refractivity contribution in [2.24, 2.45) is 7.05 Å². The summed E-state index contributed by atoms with van der Waals surface area (Å²) in [6.45, 7) is 7.11. The Kier molecular flexibility index (Phi) is 4.17. The molecular formula is C11H20ClN3. The number of aromatic nitrogens is 2. The van der Waals surface area contributed by atoms with Gasteiger partial charge in [-0.15, -0.1) is 11.6 Å². The Morgan fingerprint density at radius 3 is 2.67 bits per heavy atom. The van der Waals surface area contributed by atoms with E-state index in [0.29, 0.717) is 5.88 Å². The third kappa shape index (κ3) is 3.50. The summed E-state index contributed by atoms with van der Waals surface area (Å²) in [5, 5.41) is 7.81. The fourth-order valence-corrected chi connectivity index (χ4v) is 1.38. The Balaban J connectivity index is 2.61. The van der Waals surface area contributed by atoms with E-state index in [-0.39, 0.29) is 5.54 Å². The maximum atomic E-state index is 5.85. The minimum atomic E-state index is -0.0296. The molecule has 0 saturated heterocycles. The lowest BCUT2D eigenvalue weighted by Gasteiger charge is -2.23. The Hall–Kier alpha value is -0.540. The summed E-state index contributed by atoms with van der Waals surface area (Å²) in [4.78, 5) is 0. The van der Waals surface area contributed by atoms with Crippen LogP contribution in [0, 0.1) is 0 Å². The first kappa shape index (κ1) is 12.5. The molecule has 0 aromatic carbocycles. The highest BCUT2D eigenvalue weighted by Crippen LogP contribution is 2.08. The van der Waals surface area contributed by atoms with Gasteiger partial charge in [-0.3, -0.25) is 4.68 Å². The molecule has 1 N–H and O–H groups in total. The molecule has 0 aliphatic rings. The highest BCUT2D eigenvalue weighted by atomic mass is 35.5. The highest BCUT2D eigenvalue weighted by Gasteiger charge is 2.15. The maximum Gasteiger partial charge on any atom is 0.0625 e. The SMILES string of the molecule is CCc1cc(CNC(C)(C)CCl)n(C)n1. The van der Waals surface area contributed by atoms with E-state index >= 15 is 0 Å². The summed E-state index contributed by atoms with van der Waals surface area (Å²) >= 11 is 5.85. The minimum Gasteiger partial charge on any atom is -0.305 e. The number of rotatable bonds is 5. The van der Waals surface area contributed by atoms with Crippen LogP contribution in [0.25, 0.3) is 0 Å². The number of hydrogen-bond donors (Lipinski definition) is 1. The normalized spacial score (nSPS) is 12.1. The van der Waals surface area contributed by atoms with Crippen LogP contribution in [0.3, 0.4) is 0 Å². The van der Waals surface area contributed by atoms with Crippen LogP contribution in [-0.4, -0.2) is 21.2 Å². The smallest absolute Gasteiger partial charge is 0.0625 e. The lowest BCUT2D eigenvalue weighted by Crippen LogP contribution is -2.40. The zero-order valence-corrected chi connectivity index (χ0v) is 10.7. The highest BCUT2D eigenvalue weighted by molar-refractivity contribution is 6.18. The van der Waals surface area contributed by atoms with Gasteiger partial charge in [-0.1, -0.05) is 6.92 Å². The van der Waals surface area contributed by atoms with E-state index in [0.717, 1.165) is 18.7 Å². The van der Waals surface area contributed by atoms with Gasteiger partial charge in [0.15, 0.2) is 0 Å².